The van der Waals surface area contributed by atoms with E-state index in [4.69, 9.17) is 0 Å². The van der Waals surface area contributed by atoms with Crippen molar-refractivity contribution in [3.8, 4) is 0 Å². The maximum Gasteiger partial charge on any atom is 0.416 e. The number of carbonyl (C=O) groups is 1. The number of urea groups is 1. The van der Waals surface area contributed by atoms with E-state index in [0.29, 0.717) is 18.5 Å². The molecule has 0 aliphatic rings. The van der Waals surface area contributed by atoms with Gasteiger partial charge in [-0.2, -0.15) is 13.2 Å². The van der Waals surface area contributed by atoms with Crippen molar-refractivity contribution >= 4 is 6.03 Å². The predicted octanol–water partition coefficient (Wildman–Crippen LogP) is 4.02. The number of likely N-dealkylation sites (N-methyl/N-ethyl adjacent to an activating group) is 1. The van der Waals surface area contributed by atoms with Crippen LogP contribution in [0.4, 0.5) is 18.0 Å². The quantitative estimate of drug-likeness (QED) is 0.771. The fourth-order valence-electron chi connectivity index (χ4n) is 2.93. The summed E-state index contributed by atoms with van der Waals surface area (Å²) in [7, 11) is 5.51. The summed E-state index contributed by atoms with van der Waals surface area (Å²) in [6.07, 6.45) is -3.67. The highest BCUT2D eigenvalue weighted by Crippen LogP contribution is 2.29. The Balaban J connectivity index is 1.97. The molecule has 0 aliphatic heterocycles. The monoisotopic (exact) mass is 393 g/mol. The average Bonchev–Trinajstić information content (AvgIpc) is 2.61. The van der Waals surface area contributed by atoms with Crippen LogP contribution < -0.4 is 5.32 Å². The first-order valence-electron chi connectivity index (χ1n) is 9.01. The van der Waals surface area contributed by atoms with Crippen LogP contribution in [0.1, 0.15) is 16.7 Å². The molecular weight excluding hydrogens is 367 g/mol. The summed E-state index contributed by atoms with van der Waals surface area (Å²) in [6, 6.07) is 14.4. The second-order valence-corrected chi connectivity index (χ2v) is 7.15. The zero-order valence-electron chi connectivity index (χ0n) is 16.3. The minimum absolute atomic E-state index is 0.0834. The minimum atomic E-state index is -4.36. The highest BCUT2D eigenvalue weighted by Gasteiger charge is 2.30. The summed E-state index contributed by atoms with van der Waals surface area (Å²) in [6.45, 7) is 0.902. The summed E-state index contributed by atoms with van der Waals surface area (Å²) in [4.78, 5) is 16.0. The fraction of sp³-hybridized carbons (Fsp3) is 0.381. The lowest BCUT2D eigenvalue weighted by Gasteiger charge is -2.26. The van der Waals surface area contributed by atoms with E-state index in [1.54, 1.807) is 7.05 Å². The van der Waals surface area contributed by atoms with Gasteiger partial charge in [-0.15, -0.1) is 0 Å². The Labute approximate surface area is 164 Å². The van der Waals surface area contributed by atoms with Crippen LogP contribution in [0.25, 0.3) is 0 Å². The summed E-state index contributed by atoms with van der Waals surface area (Å²) in [5.74, 6) is 0. The molecule has 1 N–H and O–H groups in total. The number of halogens is 3. The van der Waals surface area contributed by atoms with Gasteiger partial charge in [-0.1, -0.05) is 42.5 Å². The van der Waals surface area contributed by atoms with Crippen LogP contribution in [-0.2, 0) is 19.1 Å². The number of alkyl halides is 3. The topological polar surface area (TPSA) is 35.6 Å². The van der Waals surface area contributed by atoms with Crippen molar-refractivity contribution in [1.29, 1.82) is 0 Å². The Hall–Kier alpha value is -2.54. The van der Waals surface area contributed by atoms with E-state index in [2.05, 4.69) is 5.32 Å². The SMILES string of the molecule is CN(C)CC(Cc1ccccc1)NC(=O)N(C)Cc1ccc(C(F)(F)F)cc1. The molecule has 0 bridgehead atoms. The van der Waals surface area contributed by atoms with Gasteiger partial charge in [0.25, 0.3) is 0 Å². The zero-order chi connectivity index (χ0) is 20.7. The smallest absolute Gasteiger partial charge is 0.334 e. The first-order chi connectivity index (χ1) is 13.1. The molecule has 0 saturated heterocycles. The van der Waals surface area contributed by atoms with Crippen LogP contribution in [0, 0.1) is 0 Å². The van der Waals surface area contributed by atoms with E-state index in [9.17, 15) is 18.0 Å². The molecule has 0 spiro atoms. The molecule has 1 unspecified atom stereocenters. The van der Waals surface area contributed by atoms with Gasteiger partial charge in [-0.05, 0) is 43.8 Å². The van der Waals surface area contributed by atoms with Crippen molar-refractivity contribution in [2.24, 2.45) is 0 Å². The van der Waals surface area contributed by atoms with E-state index < -0.39 is 11.7 Å². The maximum absolute atomic E-state index is 12.7. The van der Waals surface area contributed by atoms with E-state index in [-0.39, 0.29) is 18.6 Å². The molecule has 152 valence electrons. The molecule has 0 fully saturated rings. The summed E-state index contributed by atoms with van der Waals surface area (Å²) in [5.41, 5.74) is 1.06. The van der Waals surface area contributed by atoms with E-state index >= 15 is 0 Å². The van der Waals surface area contributed by atoms with Gasteiger partial charge in [0.15, 0.2) is 0 Å². The minimum Gasteiger partial charge on any atom is -0.334 e. The molecule has 2 amide bonds. The summed E-state index contributed by atoms with van der Waals surface area (Å²) >= 11 is 0. The molecule has 4 nitrogen and oxygen atoms in total. The largest absolute Gasteiger partial charge is 0.416 e. The first-order valence-corrected chi connectivity index (χ1v) is 9.01. The van der Waals surface area contributed by atoms with Crippen molar-refractivity contribution < 1.29 is 18.0 Å². The molecular formula is C21H26F3N3O. The fourth-order valence-corrected chi connectivity index (χ4v) is 2.93. The normalized spacial score (nSPS) is 12.7. The van der Waals surface area contributed by atoms with Crippen LogP contribution in [0.2, 0.25) is 0 Å². The lowest BCUT2D eigenvalue weighted by Crippen LogP contribution is -2.47. The van der Waals surface area contributed by atoms with Crippen LogP contribution in [0.15, 0.2) is 54.6 Å². The third kappa shape index (κ3) is 6.88. The second-order valence-electron chi connectivity index (χ2n) is 7.15. The number of amides is 2. The molecule has 7 heteroatoms. The zero-order valence-corrected chi connectivity index (χ0v) is 16.3. The first kappa shape index (κ1) is 21.8. The van der Waals surface area contributed by atoms with Crippen molar-refractivity contribution in [1.82, 2.24) is 15.1 Å². The van der Waals surface area contributed by atoms with Gasteiger partial charge in [-0.3, -0.25) is 0 Å². The van der Waals surface area contributed by atoms with Crippen LogP contribution in [0.5, 0.6) is 0 Å². The van der Waals surface area contributed by atoms with Crippen LogP contribution >= 0.6 is 0 Å². The van der Waals surface area contributed by atoms with E-state index in [0.717, 1.165) is 17.7 Å². The molecule has 28 heavy (non-hydrogen) atoms. The van der Waals surface area contributed by atoms with Crippen LogP contribution in [0.3, 0.4) is 0 Å². The van der Waals surface area contributed by atoms with Gasteiger partial charge in [0.2, 0.25) is 0 Å². The van der Waals surface area contributed by atoms with Crippen molar-refractivity contribution in [2.75, 3.05) is 27.7 Å². The number of nitrogens with zero attached hydrogens (tertiary/aromatic N) is 2. The number of carbonyl (C=O) groups excluding carboxylic acids is 1. The Bertz CT molecular complexity index is 746. The summed E-state index contributed by atoms with van der Waals surface area (Å²) in [5, 5.41) is 3.02. The third-order valence-electron chi connectivity index (χ3n) is 4.29. The molecule has 0 radical (unpaired) electrons. The molecule has 0 heterocycles. The highest BCUT2D eigenvalue weighted by atomic mass is 19.4. The van der Waals surface area contributed by atoms with Crippen LogP contribution in [-0.4, -0.2) is 49.6 Å². The maximum atomic E-state index is 12.7. The van der Waals surface area contributed by atoms with Gasteiger partial charge in [-0.25, -0.2) is 4.79 Å². The Morgan fingerprint density at radius 1 is 0.964 bits per heavy atom. The summed E-state index contributed by atoms with van der Waals surface area (Å²) < 4.78 is 38.0. The van der Waals surface area contributed by atoms with Crippen molar-refractivity contribution in [3.05, 3.63) is 71.3 Å². The molecule has 2 rings (SSSR count). The van der Waals surface area contributed by atoms with E-state index in [1.807, 2.05) is 49.3 Å². The number of rotatable bonds is 7. The second kappa shape index (κ2) is 9.59. The highest BCUT2D eigenvalue weighted by molar-refractivity contribution is 5.74. The number of hydrogen-bond donors (Lipinski definition) is 1. The molecule has 1 atom stereocenters. The number of nitrogens with one attached hydrogen (secondary N) is 1. The molecule has 0 saturated carbocycles. The average molecular weight is 393 g/mol. The van der Waals surface area contributed by atoms with E-state index in [1.165, 1.54) is 17.0 Å². The lowest BCUT2D eigenvalue weighted by molar-refractivity contribution is -0.137. The van der Waals surface area contributed by atoms with Gasteiger partial charge in [0.05, 0.1) is 5.56 Å². The number of benzene rings is 2. The molecule has 2 aromatic carbocycles. The Morgan fingerprint density at radius 3 is 2.11 bits per heavy atom. The molecule has 2 aromatic rings. The van der Waals surface area contributed by atoms with Gasteiger partial charge in [0, 0.05) is 26.2 Å². The molecule has 0 aliphatic carbocycles. The number of hydrogen-bond acceptors (Lipinski definition) is 2. The predicted molar refractivity (Wildman–Crippen MR) is 104 cm³/mol. The third-order valence-corrected chi connectivity index (χ3v) is 4.29. The van der Waals surface area contributed by atoms with Gasteiger partial charge < -0.3 is 15.1 Å². The van der Waals surface area contributed by atoms with Crippen molar-refractivity contribution in [2.45, 2.75) is 25.2 Å². The Kier molecular flexibility index (Phi) is 7.45. The van der Waals surface area contributed by atoms with Crippen molar-refractivity contribution in [3.63, 3.8) is 0 Å². The Morgan fingerprint density at radius 2 is 1.57 bits per heavy atom. The van der Waals surface area contributed by atoms with Gasteiger partial charge in [0.1, 0.15) is 0 Å². The standard InChI is InChI=1S/C21H26F3N3O/c1-26(2)15-19(13-16-7-5-4-6-8-16)25-20(28)27(3)14-17-9-11-18(12-10-17)21(22,23)24/h4-12,19H,13-15H2,1-3H3,(H,25,28). The lowest BCUT2D eigenvalue weighted by atomic mass is 10.1. The molecule has 0 aromatic heterocycles. The van der Waals surface area contributed by atoms with Gasteiger partial charge >= 0.3 is 12.2 Å².